The zero-order chi connectivity index (χ0) is 38.4. The fourth-order valence-corrected chi connectivity index (χ4v) is 5.03. The van der Waals surface area contributed by atoms with E-state index in [1.807, 2.05) is 44.2 Å². The molecular weight excluding hydrogens is 676 g/mol. The van der Waals surface area contributed by atoms with E-state index in [1.165, 1.54) is 24.3 Å². The maximum absolute atomic E-state index is 13.6. The molecule has 4 atom stereocenters. The number of aryl methyl sites for hydroxylation is 1. The first-order valence-corrected chi connectivity index (χ1v) is 16.7. The Bertz CT molecular complexity index is 1690. The number of carboxylic acid groups (broad SMARTS) is 1. The maximum atomic E-state index is 13.6. The third kappa shape index (κ3) is 12.2. The summed E-state index contributed by atoms with van der Waals surface area (Å²) in [6.45, 7) is 6.39. The van der Waals surface area contributed by atoms with Crippen LogP contribution in [0.15, 0.2) is 54.6 Å². The summed E-state index contributed by atoms with van der Waals surface area (Å²) in [7, 11) is 0. The number of tetrazole rings is 1. The van der Waals surface area contributed by atoms with Crippen molar-refractivity contribution in [2.75, 3.05) is 18.4 Å². The van der Waals surface area contributed by atoms with Gasteiger partial charge in [-0.1, -0.05) is 64.1 Å². The first kappa shape index (κ1) is 40.7. The second-order valence-corrected chi connectivity index (χ2v) is 13.1. The molecule has 3 rings (SSSR count). The summed E-state index contributed by atoms with van der Waals surface area (Å²) in [5.41, 5.74) is 2.51. The van der Waals surface area contributed by atoms with E-state index in [9.17, 15) is 39.0 Å². The largest absolute Gasteiger partial charge is 0.478 e. The number of carbonyl (C=O) groups excluding carboxylic acids is 5. The number of carbonyl (C=O) groups is 6. The van der Waals surface area contributed by atoms with E-state index in [-0.39, 0.29) is 48.8 Å². The molecule has 0 saturated carbocycles. The number of benzene rings is 2. The number of amides is 5. The highest BCUT2D eigenvalue weighted by atomic mass is 16.4. The molecule has 0 unspecified atom stereocenters. The highest BCUT2D eigenvalue weighted by molar-refractivity contribution is 5.99. The van der Waals surface area contributed by atoms with Crippen LogP contribution < -0.4 is 32.3 Å². The third-order valence-corrected chi connectivity index (χ3v) is 8.03. The van der Waals surface area contributed by atoms with Gasteiger partial charge in [-0.25, -0.2) is 4.79 Å². The van der Waals surface area contributed by atoms with Crippen molar-refractivity contribution in [3.63, 3.8) is 0 Å². The van der Waals surface area contributed by atoms with Crippen molar-refractivity contribution in [2.24, 2.45) is 11.8 Å². The van der Waals surface area contributed by atoms with Crippen LogP contribution in [0.3, 0.4) is 0 Å². The average molecular weight is 724 g/mol. The van der Waals surface area contributed by atoms with Gasteiger partial charge in [0.1, 0.15) is 12.1 Å². The van der Waals surface area contributed by atoms with Gasteiger partial charge in [-0.3, -0.25) is 24.0 Å². The lowest BCUT2D eigenvalue weighted by Gasteiger charge is -2.30. The molecule has 0 bridgehead atoms. The molecule has 52 heavy (non-hydrogen) atoms. The Hall–Kier alpha value is -5.75. The molecule has 3 aromatic rings. The number of carboxylic acids is 1. The van der Waals surface area contributed by atoms with Crippen LogP contribution in [0.25, 0.3) is 0 Å². The third-order valence-electron chi connectivity index (χ3n) is 8.03. The number of nitrogens with zero attached hydrogens (tertiary/aromatic N) is 3. The first-order valence-electron chi connectivity index (χ1n) is 16.7. The van der Waals surface area contributed by atoms with Crippen LogP contribution in [-0.2, 0) is 25.6 Å². The standard InChI is InChI=1S/C34H46N10O8/c1-19(2)15-25(39-30(47)26(20(3)4)40-28(45)24(35)17-36-31(48)27-41-43-44-42-27)29(46)37-18-34(52,14-13-21-9-6-5-7-10-21)33(51)38-23-12-8-11-22(16-23)32(49)50/h5-12,16,19-20,24-26,52H,13-15,17-18,35H2,1-4H3,(H,36,48)(H,37,46)(H,38,51)(H,39,47)(H,40,45)(H,49,50)(H,41,42,43,44)/p+1/t24-,25-,26-,34+/m0/s1. The van der Waals surface area contributed by atoms with Crippen molar-refractivity contribution in [3.8, 4) is 0 Å². The van der Waals surface area contributed by atoms with Crippen LogP contribution >= 0.6 is 0 Å². The Kier molecular flexibility index (Phi) is 14.9. The van der Waals surface area contributed by atoms with Crippen molar-refractivity contribution in [3.05, 3.63) is 71.5 Å². The van der Waals surface area contributed by atoms with Gasteiger partial charge in [-0.05, 0) is 60.1 Å². The van der Waals surface area contributed by atoms with Gasteiger partial charge in [-0.2, -0.15) is 5.21 Å². The van der Waals surface area contributed by atoms with E-state index in [1.54, 1.807) is 13.8 Å². The zero-order valence-corrected chi connectivity index (χ0v) is 29.5. The molecule has 1 aromatic heterocycles. The van der Waals surface area contributed by atoms with Crippen molar-refractivity contribution < 1.29 is 44.7 Å². The predicted octanol–water partition coefficient (Wildman–Crippen LogP) is -0.971. The Labute approximate surface area is 300 Å². The summed E-state index contributed by atoms with van der Waals surface area (Å²) < 4.78 is 0. The zero-order valence-electron chi connectivity index (χ0n) is 29.5. The average Bonchev–Trinajstić information content (AvgIpc) is 3.66. The molecule has 11 N–H and O–H groups in total. The molecule has 0 aliphatic carbocycles. The van der Waals surface area contributed by atoms with E-state index in [0.29, 0.717) is 0 Å². The molecule has 0 saturated heterocycles. The Morgan fingerprint density at radius 2 is 1.62 bits per heavy atom. The minimum Gasteiger partial charge on any atom is -0.478 e. The van der Waals surface area contributed by atoms with Gasteiger partial charge in [0.2, 0.25) is 11.8 Å². The first-order chi connectivity index (χ1) is 24.6. The quantitative estimate of drug-likeness (QED) is 0.0725. The SMILES string of the molecule is CC(C)C[C@H](NC(=O)[C@@H](NC(=O)[C@@H]([NH3+])CNC(=O)c1nn[nH]n1)C(C)C)C(=O)NC[C@](O)(CCc1ccccc1)C(=O)Nc1cccc(C(=O)O)c1. The van der Waals surface area contributed by atoms with E-state index in [2.05, 4.69) is 52.9 Å². The van der Waals surface area contributed by atoms with Gasteiger partial charge in [-0.15, -0.1) is 10.2 Å². The van der Waals surface area contributed by atoms with Gasteiger partial charge in [0.15, 0.2) is 11.6 Å². The molecule has 0 aliphatic heterocycles. The summed E-state index contributed by atoms with van der Waals surface area (Å²) in [4.78, 5) is 77.2. The van der Waals surface area contributed by atoms with Gasteiger partial charge < -0.3 is 42.5 Å². The van der Waals surface area contributed by atoms with Crippen LogP contribution in [0.2, 0.25) is 0 Å². The molecular formula is C34H47N10O8+. The Balaban J connectivity index is 1.71. The predicted molar refractivity (Wildman–Crippen MR) is 186 cm³/mol. The lowest BCUT2D eigenvalue weighted by atomic mass is 9.93. The molecule has 18 nitrogen and oxygen atoms in total. The highest BCUT2D eigenvalue weighted by Crippen LogP contribution is 2.19. The van der Waals surface area contributed by atoms with Crippen LogP contribution in [-0.4, -0.2) is 103 Å². The van der Waals surface area contributed by atoms with Gasteiger partial charge in [0, 0.05) is 5.69 Å². The lowest BCUT2D eigenvalue weighted by molar-refractivity contribution is -0.401. The van der Waals surface area contributed by atoms with Crippen LogP contribution in [0.5, 0.6) is 0 Å². The Morgan fingerprint density at radius 3 is 2.23 bits per heavy atom. The van der Waals surface area contributed by atoms with Gasteiger partial charge in [0.25, 0.3) is 23.5 Å². The summed E-state index contributed by atoms with van der Waals surface area (Å²) in [6, 6.07) is 11.5. The maximum Gasteiger partial charge on any atom is 0.335 e. The smallest absolute Gasteiger partial charge is 0.335 e. The number of aromatic nitrogens is 4. The number of aromatic amines is 1. The number of nitrogens with one attached hydrogen (secondary N) is 6. The molecule has 1 heterocycles. The minimum absolute atomic E-state index is 0.0694. The van der Waals surface area contributed by atoms with Crippen LogP contribution in [0.4, 0.5) is 5.69 Å². The summed E-state index contributed by atoms with van der Waals surface area (Å²) >= 11 is 0. The van der Waals surface area contributed by atoms with E-state index >= 15 is 0 Å². The van der Waals surface area contributed by atoms with Crippen molar-refractivity contribution in [1.82, 2.24) is 41.9 Å². The number of quaternary nitrogens is 1. The van der Waals surface area contributed by atoms with Crippen molar-refractivity contribution in [2.45, 2.75) is 70.7 Å². The number of rotatable bonds is 19. The van der Waals surface area contributed by atoms with E-state index in [4.69, 9.17) is 0 Å². The molecule has 2 aromatic carbocycles. The lowest BCUT2D eigenvalue weighted by Crippen LogP contribution is -2.72. The fraction of sp³-hybridized carbons (Fsp3) is 0.441. The summed E-state index contributed by atoms with van der Waals surface area (Å²) in [6.07, 6.45) is 0.352. The molecule has 5 amide bonds. The van der Waals surface area contributed by atoms with Gasteiger partial charge >= 0.3 is 5.97 Å². The number of anilines is 1. The number of aromatic carboxylic acids is 1. The number of hydrogen-bond donors (Lipinski definition) is 9. The molecule has 0 spiro atoms. The molecule has 18 heteroatoms. The molecule has 280 valence electrons. The second-order valence-electron chi connectivity index (χ2n) is 13.1. The second kappa shape index (κ2) is 19.0. The van der Waals surface area contributed by atoms with E-state index in [0.717, 1.165) is 5.56 Å². The highest BCUT2D eigenvalue weighted by Gasteiger charge is 2.38. The van der Waals surface area contributed by atoms with Gasteiger partial charge in [0.05, 0.1) is 18.7 Å². The minimum atomic E-state index is -2.14. The summed E-state index contributed by atoms with van der Waals surface area (Å²) in [5, 5.41) is 46.6. The van der Waals surface area contributed by atoms with Crippen LogP contribution in [0.1, 0.15) is 67.1 Å². The number of hydrogen-bond acceptors (Lipinski definition) is 10. The number of H-pyrrole nitrogens is 1. The van der Waals surface area contributed by atoms with Crippen molar-refractivity contribution in [1.29, 1.82) is 0 Å². The molecule has 0 radical (unpaired) electrons. The topological polar surface area (TPSA) is 285 Å². The van der Waals surface area contributed by atoms with Crippen LogP contribution in [0, 0.1) is 11.8 Å². The monoisotopic (exact) mass is 723 g/mol. The van der Waals surface area contributed by atoms with Crippen molar-refractivity contribution >= 4 is 41.2 Å². The summed E-state index contributed by atoms with van der Waals surface area (Å²) in [5.74, 6) is -5.40. The fourth-order valence-electron chi connectivity index (χ4n) is 5.03. The molecule has 0 fully saturated rings. The molecule has 0 aliphatic rings. The number of aliphatic hydroxyl groups is 1. The van der Waals surface area contributed by atoms with E-state index < -0.39 is 71.7 Å². The Morgan fingerprint density at radius 1 is 0.904 bits per heavy atom. The normalized spacial score (nSPS) is 14.0.